The Morgan fingerprint density at radius 2 is 2.13 bits per heavy atom. The molecule has 1 aliphatic carbocycles. The lowest BCUT2D eigenvalue weighted by atomic mass is 9.78. The third-order valence-electron chi connectivity index (χ3n) is 4.25. The Labute approximate surface area is 94.3 Å². The zero-order chi connectivity index (χ0) is 10.6. The van der Waals surface area contributed by atoms with Gasteiger partial charge in [-0.25, -0.2) is 0 Å². The van der Waals surface area contributed by atoms with Gasteiger partial charge >= 0.3 is 0 Å². The van der Waals surface area contributed by atoms with Gasteiger partial charge in [0.1, 0.15) is 0 Å². The van der Waals surface area contributed by atoms with Gasteiger partial charge in [-0.05, 0) is 51.5 Å². The van der Waals surface area contributed by atoms with Gasteiger partial charge in [0.25, 0.3) is 0 Å². The van der Waals surface area contributed by atoms with Gasteiger partial charge in [-0.15, -0.1) is 0 Å². The van der Waals surface area contributed by atoms with E-state index in [9.17, 15) is 0 Å². The minimum Gasteiger partial charge on any atom is -0.308 e. The maximum absolute atomic E-state index is 3.85. The van der Waals surface area contributed by atoms with E-state index in [0.717, 1.165) is 0 Å². The molecule has 0 aromatic rings. The summed E-state index contributed by atoms with van der Waals surface area (Å²) >= 11 is 0. The number of hydrogen-bond acceptors (Lipinski definition) is 1. The Morgan fingerprint density at radius 3 is 2.87 bits per heavy atom. The molecule has 0 saturated carbocycles. The van der Waals surface area contributed by atoms with Crippen molar-refractivity contribution < 1.29 is 0 Å². The summed E-state index contributed by atoms with van der Waals surface area (Å²) in [6.07, 6.45) is 14.9. The standard InChI is InChI=1S/C14H25N/c1-2-14(11-7-4-8-12-15-14)13-9-5-3-6-10-13/h9,15H,2-8,10-12H2,1H3. The Bertz CT molecular complexity index is 221. The van der Waals surface area contributed by atoms with E-state index in [1.165, 1.54) is 64.3 Å². The molecular formula is C14H25N. The van der Waals surface area contributed by atoms with E-state index in [0.29, 0.717) is 5.54 Å². The molecule has 2 aliphatic rings. The molecule has 1 aliphatic heterocycles. The maximum Gasteiger partial charge on any atom is 0.0391 e. The molecule has 1 unspecified atom stereocenters. The highest BCUT2D eigenvalue weighted by molar-refractivity contribution is 5.22. The summed E-state index contributed by atoms with van der Waals surface area (Å²) in [6, 6.07) is 0. The van der Waals surface area contributed by atoms with Crippen LogP contribution in [0.1, 0.15) is 64.7 Å². The van der Waals surface area contributed by atoms with Crippen LogP contribution in [-0.2, 0) is 0 Å². The second kappa shape index (κ2) is 5.16. The predicted octanol–water partition coefficient (Wildman–Crippen LogP) is 3.80. The van der Waals surface area contributed by atoms with Crippen molar-refractivity contribution in [3.63, 3.8) is 0 Å². The molecule has 86 valence electrons. The first-order valence-corrected chi connectivity index (χ1v) is 6.82. The fourth-order valence-corrected chi connectivity index (χ4v) is 3.22. The van der Waals surface area contributed by atoms with Gasteiger partial charge in [0.05, 0.1) is 0 Å². The average molecular weight is 207 g/mol. The Morgan fingerprint density at radius 1 is 1.20 bits per heavy atom. The van der Waals surface area contributed by atoms with Gasteiger partial charge in [0, 0.05) is 5.54 Å². The normalized spacial score (nSPS) is 33.3. The lowest BCUT2D eigenvalue weighted by Crippen LogP contribution is -2.46. The molecule has 0 radical (unpaired) electrons. The van der Waals surface area contributed by atoms with Crippen molar-refractivity contribution >= 4 is 0 Å². The summed E-state index contributed by atoms with van der Waals surface area (Å²) in [5, 5.41) is 3.85. The largest absolute Gasteiger partial charge is 0.308 e. The summed E-state index contributed by atoms with van der Waals surface area (Å²) in [5.74, 6) is 0. The van der Waals surface area contributed by atoms with Crippen LogP contribution in [0.2, 0.25) is 0 Å². The maximum atomic E-state index is 3.85. The van der Waals surface area contributed by atoms with Gasteiger partial charge in [0.15, 0.2) is 0 Å². The summed E-state index contributed by atoms with van der Waals surface area (Å²) in [4.78, 5) is 0. The quantitative estimate of drug-likeness (QED) is 0.679. The Hall–Kier alpha value is -0.300. The van der Waals surface area contributed by atoms with Crippen molar-refractivity contribution in [1.29, 1.82) is 0 Å². The molecule has 1 heteroatoms. The second-order valence-corrected chi connectivity index (χ2v) is 5.15. The first kappa shape index (κ1) is 11.2. The topological polar surface area (TPSA) is 12.0 Å². The molecule has 1 saturated heterocycles. The van der Waals surface area contributed by atoms with Crippen molar-refractivity contribution in [3.05, 3.63) is 11.6 Å². The minimum atomic E-state index is 0.386. The van der Waals surface area contributed by atoms with E-state index >= 15 is 0 Å². The highest BCUT2D eigenvalue weighted by Gasteiger charge is 2.32. The van der Waals surface area contributed by atoms with E-state index < -0.39 is 0 Å². The first-order chi connectivity index (χ1) is 7.37. The average Bonchev–Trinajstić information content (AvgIpc) is 2.56. The van der Waals surface area contributed by atoms with E-state index in [2.05, 4.69) is 18.3 Å². The van der Waals surface area contributed by atoms with Gasteiger partial charge in [0.2, 0.25) is 0 Å². The number of rotatable bonds is 2. The van der Waals surface area contributed by atoms with Crippen LogP contribution in [-0.4, -0.2) is 12.1 Å². The molecule has 0 aromatic heterocycles. The third-order valence-corrected chi connectivity index (χ3v) is 4.25. The monoisotopic (exact) mass is 207 g/mol. The number of hydrogen-bond donors (Lipinski definition) is 1. The molecule has 1 nitrogen and oxygen atoms in total. The molecule has 1 atom stereocenters. The van der Waals surface area contributed by atoms with Crippen molar-refractivity contribution in [3.8, 4) is 0 Å². The summed E-state index contributed by atoms with van der Waals surface area (Å²) in [7, 11) is 0. The molecular weight excluding hydrogens is 182 g/mol. The SMILES string of the molecule is CCC1(C2=CCCCC2)CCCCCN1. The fourth-order valence-electron chi connectivity index (χ4n) is 3.22. The highest BCUT2D eigenvalue weighted by Crippen LogP contribution is 2.35. The molecule has 0 spiro atoms. The van der Waals surface area contributed by atoms with Crippen LogP contribution in [0.3, 0.4) is 0 Å². The van der Waals surface area contributed by atoms with Gasteiger partial charge in [-0.3, -0.25) is 0 Å². The van der Waals surface area contributed by atoms with Gasteiger partial charge < -0.3 is 5.32 Å². The Balaban J connectivity index is 2.14. The molecule has 1 fully saturated rings. The second-order valence-electron chi connectivity index (χ2n) is 5.15. The van der Waals surface area contributed by atoms with Crippen molar-refractivity contribution in [2.45, 2.75) is 70.3 Å². The number of allylic oxidation sites excluding steroid dienone is 1. The lowest BCUT2D eigenvalue weighted by Gasteiger charge is -2.37. The molecule has 1 heterocycles. The third kappa shape index (κ3) is 2.44. The highest BCUT2D eigenvalue weighted by atomic mass is 15.0. The molecule has 0 bridgehead atoms. The molecule has 1 N–H and O–H groups in total. The molecule has 2 rings (SSSR count). The fraction of sp³-hybridized carbons (Fsp3) is 0.857. The van der Waals surface area contributed by atoms with Crippen molar-refractivity contribution in [2.24, 2.45) is 0 Å². The lowest BCUT2D eigenvalue weighted by molar-refractivity contribution is 0.343. The van der Waals surface area contributed by atoms with E-state index in [-0.39, 0.29) is 0 Å². The van der Waals surface area contributed by atoms with Crippen LogP contribution < -0.4 is 5.32 Å². The summed E-state index contributed by atoms with van der Waals surface area (Å²) in [5.41, 5.74) is 2.12. The molecule has 0 amide bonds. The number of nitrogens with one attached hydrogen (secondary N) is 1. The van der Waals surface area contributed by atoms with Crippen LogP contribution in [0.4, 0.5) is 0 Å². The first-order valence-electron chi connectivity index (χ1n) is 6.82. The van der Waals surface area contributed by atoms with Crippen LogP contribution in [0.5, 0.6) is 0 Å². The van der Waals surface area contributed by atoms with E-state index in [1.807, 2.05) is 0 Å². The van der Waals surface area contributed by atoms with Gasteiger partial charge in [-0.1, -0.05) is 31.4 Å². The minimum absolute atomic E-state index is 0.386. The Kier molecular flexibility index (Phi) is 3.85. The summed E-state index contributed by atoms with van der Waals surface area (Å²) < 4.78 is 0. The van der Waals surface area contributed by atoms with Crippen molar-refractivity contribution in [2.75, 3.05) is 6.54 Å². The molecule has 15 heavy (non-hydrogen) atoms. The van der Waals surface area contributed by atoms with Gasteiger partial charge in [-0.2, -0.15) is 0 Å². The van der Waals surface area contributed by atoms with E-state index in [1.54, 1.807) is 5.57 Å². The summed E-state index contributed by atoms with van der Waals surface area (Å²) in [6.45, 7) is 3.58. The van der Waals surface area contributed by atoms with E-state index in [4.69, 9.17) is 0 Å². The zero-order valence-electron chi connectivity index (χ0n) is 10.1. The smallest absolute Gasteiger partial charge is 0.0391 e. The zero-order valence-corrected chi connectivity index (χ0v) is 10.1. The van der Waals surface area contributed by atoms with Crippen molar-refractivity contribution in [1.82, 2.24) is 5.32 Å². The molecule has 0 aromatic carbocycles. The van der Waals surface area contributed by atoms with Crippen LogP contribution in [0.25, 0.3) is 0 Å². The van der Waals surface area contributed by atoms with Crippen LogP contribution in [0.15, 0.2) is 11.6 Å². The van der Waals surface area contributed by atoms with Crippen LogP contribution >= 0.6 is 0 Å². The predicted molar refractivity (Wildman–Crippen MR) is 66.0 cm³/mol. The van der Waals surface area contributed by atoms with Crippen LogP contribution in [0, 0.1) is 0 Å².